The van der Waals surface area contributed by atoms with E-state index in [0.717, 1.165) is 29.5 Å². The number of rotatable bonds is 7. The van der Waals surface area contributed by atoms with Crippen molar-refractivity contribution in [3.63, 3.8) is 0 Å². The van der Waals surface area contributed by atoms with Crippen molar-refractivity contribution in [1.29, 1.82) is 0 Å². The van der Waals surface area contributed by atoms with Gasteiger partial charge in [0.2, 0.25) is 5.91 Å². The molecular weight excluding hydrogens is 504 g/mol. The van der Waals surface area contributed by atoms with Gasteiger partial charge in [-0.15, -0.1) is 0 Å². The van der Waals surface area contributed by atoms with Gasteiger partial charge in [-0.3, -0.25) is 29.6 Å². The minimum Gasteiger partial charge on any atom is -0.324 e. The molecule has 0 unspecified atom stereocenters. The minimum absolute atomic E-state index is 0.0213. The van der Waals surface area contributed by atoms with Gasteiger partial charge in [-0.1, -0.05) is 6.07 Å². The molecule has 200 valence electrons. The van der Waals surface area contributed by atoms with E-state index >= 15 is 0 Å². The Morgan fingerprint density at radius 3 is 2.59 bits per heavy atom. The lowest BCUT2D eigenvalue weighted by molar-refractivity contribution is -0.117. The maximum absolute atomic E-state index is 13.5. The summed E-state index contributed by atoms with van der Waals surface area (Å²) in [5.41, 5.74) is 4.38. The highest BCUT2D eigenvalue weighted by atomic mass is 19.3. The third-order valence-corrected chi connectivity index (χ3v) is 7.18. The number of pyridine rings is 2. The molecule has 0 spiro atoms. The van der Waals surface area contributed by atoms with E-state index in [1.807, 2.05) is 29.2 Å². The monoisotopic (exact) mass is 531 g/mol. The van der Waals surface area contributed by atoms with Crippen LogP contribution in [0.1, 0.15) is 41.7 Å². The molecule has 1 aliphatic heterocycles. The van der Waals surface area contributed by atoms with Crippen molar-refractivity contribution in [2.75, 3.05) is 23.7 Å². The number of alkyl halides is 2. The molecule has 6 rings (SSSR count). The summed E-state index contributed by atoms with van der Waals surface area (Å²) in [7, 11) is 0. The summed E-state index contributed by atoms with van der Waals surface area (Å²) in [4.78, 5) is 35.9. The molecule has 2 aliphatic rings. The van der Waals surface area contributed by atoms with Crippen molar-refractivity contribution in [3.05, 3.63) is 66.4 Å². The zero-order valence-electron chi connectivity index (χ0n) is 21.1. The number of benzene rings is 1. The van der Waals surface area contributed by atoms with Crippen LogP contribution >= 0.6 is 0 Å². The summed E-state index contributed by atoms with van der Waals surface area (Å²) < 4.78 is 27.0. The molecule has 3 N–H and O–H groups in total. The predicted molar refractivity (Wildman–Crippen MR) is 142 cm³/mol. The van der Waals surface area contributed by atoms with Gasteiger partial charge in [0.1, 0.15) is 0 Å². The van der Waals surface area contributed by atoms with E-state index in [1.54, 1.807) is 24.7 Å². The molecule has 1 saturated heterocycles. The Labute approximate surface area is 223 Å². The van der Waals surface area contributed by atoms with Gasteiger partial charge >= 0.3 is 0 Å². The number of H-pyrrole nitrogens is 1. The summed E-state index contributed by atoms with van der Waals surface area (Å²) in [6.07, 6.45) is 8.01. The number of nitrogens with one attached hydrogen (secondary N) is 3. The maximum Gasteiger partial charge on any atom is 0.276 e. The van der Waals surface area contributed by atoms with Crippen LogP contribution in [0.4, 0.5) is 20.2 Å². The van der Waals surface area contributed by atoms with E-state index < -0.39 is 11.8 Å². The molecule has 1 saturated carbocycles. The van der Waals surface area contributed by atoms with Crippen LogP contribution in [0.15, 0.2) is 55.1 Å². The van der Waals surface area contributed by atoms with E-state index in [2.05, 4.69) is 30.8 Å². The fraction of sp³-hybridized carbons (Fsp3) is 0.321. The summed E-state index contributed by atoms with van der Waals surface area (Å²) in [6.45, 7) is 1.24. The number of aromatic amines is 1. The summed E-state index contributed by atoms with van der Waals surface area (Å²) in [5.74, 6) is -3.07. The molecule has 1 aliphatic carbocycles. The third kappa shape index (κ3) is 5.63. The van der Waals surface area contributed by atoms with Crippen LogP contribution in [-0.4, -0.2) is 55.9 Å². The molecule has 9 nitrogen and oxygen atoms in total. The molecule has 0 bridgehead atoms. The van der Waals surface area contributed by atoms with Gasteiger partial charge in [0.05, 0.1) is 23.1 Å². The highest BCUT2D eigenvalue weighted by Gasteiger charge is 2.34. The highest BCUT2D eigenvalue weighted by Crippen LogP contribution is 2.32. The number of hydrogen-bond acceptors (Lipinski definition) is 6. The smallest absolute Gasteiger partial charge is 0.276 e. The Hall–Kier alpha value is -4.25. The van der Waals surface area contributed by atoms with Gasteiger partial charge in [0.25, 0.3) is 11.8 Å². The topological polar surface area (TPSA) is 116 Å². The van der Waals surface area contributed by atoms with Crippen LogP contribution in [0.2, 0.25) is 0 Å². The van der Waals surface area contributed by atoms with Crippen LogP contribution in [0.3, 0.4) is 0 Å². The van der Waals surface area contributed by atoms with E-state index in [9.17, 15) is 18.4 Å². The Balaban J connectivity index is 1.21. The summed E-state index contributed by atoms with van der Waals surface area (Å²) >= 11 is 0. The van der Waals surface area contributed by atoms with Gasteiger partial charge in [-0.25, -0.2) is 8.78 Å². The zero-order chi connectivity index (χ0) is 27.0. The number of nitrogens with zero attached hydrogens (tertiary/aromatic N) is 4. The second-order valence-corrected chi connectivity index (χ2v) is 10.2. The molecular formula is C28H27F2N7O2. The molecule has 4 aromatic rings. The first kappa shape index (κ1) is 25.1. The lowest BCUT2D eigenvalue weighted by atomic mass is 10.0. The Bertz CT molecular complexity index is 1540. The number of halogens is 2. The van der Waals surface area contributed by atoms with Crippen molar-refractivity contribution < 1.29 is 18.4 Å². The second-order valence-electron chi connectivity index (χ2n) is 10.2. The molecule has 0 radical (unpaired) electrons. The van der Waals surface area contributed by atoms with Crippen molar-refractivity contribution in [2.24, 2.45) is 5.92 Å². The van der Waals surface area contributed by atoms with Crippen molar-refractivity contribution >= 4 is 34.1 Å². The maximum atomic E-state index is 13.5. The average Bonchev–Trinajstić information content (AvgIpc) is 3.70. The van der Waals surface area contributed by atoms with Crippen LogP contribution in [0, 0.1) is 5.92 Å². The molecule has 3 aromatic heterocycles. The number of anilines is 2. The molecule has 11 heteroatoms. The van der Waals surface area contributed by atoms with E-state index in [0.29, 0.717) is 41.9 Å². The fourth-order valence-corrected chi connectivity index (χ4v) is 4.76. The Morgan fingerprint density at radius 1 is 0.974 bits per heavy atom. The number of aromatic nitrogens is 4. The van der Waals surface area contributed by atoms with Crippen LogP contribution in [-0.2, 0) is 11.3 Å². The van der Waals surface area contributed by atoms with Crippen LogP contribution in [0.5, 0.6) is 0 Å². The highest BCUT2D eigenvalue weighted by molar-refractivity contribution is 6.13. The first-order valence-electron chi connectivity index (χ1n) is 12.9. The van der Waals surface area contributed by atoms with Crippen molar-refractivity contribution in [3.8, 4) is 11.1 Å². The fourth-order valence-electron chi connectivity index (χ4n) is 4.76. The standard InChI is InChI=1S/C28H27F2N7O2/c29-28(30)6-9-37(10-7-28)16-17-11-20(14-32-13-17)19-3-4-22-21(12-19)25(36-35-22)27(39)34-24-15-31-8-5-23(24)33-26(38)18-1-2-18/h3-5,8,11-15,18H,1-2,6-7,9-10,16H2,(H,34,39)(H,35,36)(H,31,33,38). The number of fused-ring (bicyclic) bond motifs is 1. The lowest BCUT2D eigenvalue weighted by Crippen LogP contribution is -2.38. The molecule has 4 heterocycles. The normalized spacial score (nSPS) is 17.2. The van der Waals surface area contributed by atoms with Gasteiger partial charge < -0.3 is 10.6 Å². The van der Waals surface area contributed by atoms with Gasteiger partial charge in [-0.05, 0) is 48.2 Å². The summed E-state index contributed by atoms with van der Waals surface area (Å²) in [6, 6.07) is 9.27. The van der Waals surface area contributed by atoms with Gasteiger partial charge in [0, 0.05) is 67.9 Å². The van der Waals surface area contributed by atoms with Gasteiger partial charge in [0.15, 0.2) is 5.69 Å². The van der Waals surface area contributed by atoms with Gasteiger partial charge in [-0.2, -0.15) is 5.10 Å². The van der Waals surface area contributed by atoms with Crippen molar-refractivity contribution in [2.45, 2.75) is 38.2 Å². The Morgan fingerprint density at radius 2 is 1.79 bits per heavy atom. The third-order valence-electron chi connectivity index (χ3n) is 7.18. The van der Waals surface area contributed by atoms with Crippen molar-refractivity contribution in [1.82, 2.24) is 25.1 Å². The minimum atomic E-state index is -2.58. The number of piperidine rings is 1. The largest absolute Gasteiger partial charge is 0.324 e. The Kier molecular flexibility index (Phi) is 6.51. The number of carbonyl (C=O) groups excluding carboxylic acids is 2. The average molecular weight is 532 g/mol. The first-order valence-corrected chi connectivity index (χ1v) is 12.9. The zero-order valence-corrected chi connectivity index (χ0v) is 21.1. The quantitative estimate of drug-likeness (QED) is 0.314. The lowest BCUT2D eigenvalue weighted by Gasteiger charge is -2.31. The number of likely N-dealkylation sites (tertiary alicyclic amines) is 1. The number of hydrogen-bond donors (Lipinski definition) is 3. The number of amides is 2. The molecule has 2 fully saturated rings. The van der Waals surface area contributed by atoms with Crippen LogP contribution < -0.4 is 10.6 Å². The second kappa shape index (κ2) is 10.1. The first-order chi connectivity index (χ1) is 18.8. The molecule has 0 atom stereocenters. The molecule has 2 amide bonds. The summed E-state index contributed by atoms with van der Waals surface area (Å²) in [5, 5.41) is 13.4. The van der Waals surface area contributed by atoms with E-state index in [-0.39, 0.29) is 30.4 Å². The van der Waals surface area contributed by atoms with E-state index in [1.165, 1.54) is 6.20 Å². The molecule has 1 aromatic carbocycles. The van der Waals surface area contributed by atoms with E-state index in [4.69, 9.17) is 0 Å². The van der Waals surface area contributed by atoms with Crippen LogP contribution in [0.25, 0.3) is 22.0 Å². The molecule has 39 heavy (non-hydrogen) atoms. The number of carbonyl (C=O) groups is 2. The SMILES string of the molecule is O=C(Nc1cnccc1NC(=O)C1CC1)c1n[nH]c2ccc(-c3cncc(CN4CCC(F)(F)CC4)c3)cc12. The predicted octanol–water partition coefficient (Wildman–Crippen LogP) is 4.85.